The second kappa shape index (κ2) is 7.49. The maximum Gasteiger partial charge on any atom is 0.147 e. The third kappa shape index (κ3) is 6.19. The first-order valence-corrected chi connectivity index (χ1v) is 9.39. The molecule has 1 N–H and O–H groups in total. The van der Waals surface area contributed by atoms with Crippen LogP contribution in [0.25, 0.3) is 0 Å². The van der Waals surface area contributed by atoms with Crippen molar-refractivity contribution in [3.05, 3.63) is 0 Å². The molecule has 4 heteroatoms. The molecule has 18 heavy (non-hydrogen) atoms. The summed E-state index contributed by atoms with van der Waals surface area (Å²) < 4.78 is 22.4. The Morgan fingerprint density at radius 2 is 2.06 bits per heavy atom. The molecular weight excluding hydrogens is 246 g/mol. The van der Waals surface area contributed by atoms with E-state index in [1.165, 1.54) is 31.9 Å². The van der Waals surface area contributed by atoms with Gasteiger partial charge in [0.25, 0.3) is 0 Å². The predicted octanol–water partition coefficient (Wildman–Crippen LogP) is 2.62. The highest BCUT2D eigenvalue weighted by atomic mass is 32.2. The van der Waals surface area contributed by atoms with Crippen molar-refractivity contribution in [3.63, 3.8) is 0 Å². The van der Waals surface area contributed by atoms with Crippen molar-refractivity contribution in [3.8, 4) is 0 Å². The fourth-order valence-electron chi connectivity index (χ4n) is 3.18. The van der Waals surface area contributed by atoms with Crippen molar-refractivity contribution >= 4 is 9.84 Å². The molecule has 3 unspecified atom stereocenters. The Bertz CT molecular complexity index is 327. The molecule has 1 fully saturated rings. The highest BCUT2D eigenvalue weighted by molar-refractivity contribution is 7.90. The van der Waals surface area contributed by atoms with Gasteiger partial charge in [-0.05, 0) is 44.1 Å². The molecule has 0 spiro atoms. The second-order valence-electron chi connectivity index (χ2n) is 5.97. The summed E-state index contributed by atoms with van der Waals surface area (Å²) in [6.45, 7) is 5.45. The molecule has 0 aromatic rings. The molecule has 0 aromatic carbocycles. The summed E-state index contributed by atoms with van der Waals surface area (Å²) in [6, 6.07) is 0.513. The van der Waals surface area contributed by atoms with E-state index < -0.39 is 9.84 Å². The van der Waals surface area contributed by atoms with Crippen LogP contribution in [0.1, 0.15) is 52.4 Å². The Morgan fingerprint density at radius 1 is 1.33 bits per heavy atom. The topological polar surface area (TPSA) is 46.2 Å². The van der Waals surface area contributed by atoms with Crippen LogP contribution in [-0.2, 0) is 9.84 Å². The molecule has 0 bridgehead atoms. The molecule has 108 valence electrons. The summed E-state index contributed by atoms with van der Waals surface area (Å²) in [5.41, 5.74) is 0. The SMILES string of the molecule is CCNC(CCCS(C)(=O)=O)C1CCCC(C)C1. The quantitative estimate of drug-likeness (QED) is 0.777. The average Bonchev–Trinajstić information content (AvgIpc) is 2.26. The van der Waals surface area contributed by atoms with Crippen LogP contribution in [0.4, 0.5) is 0 Å². The van der Waals surface area contributed by atoms with Crippen LogP contribution in [0.5, 0.6) is 0 Å². The lowest BCUT2D eigenvalue weighted by Gasteiger charge is -2.34. The van der Waals surface area contributed by atoms with Crippen LogP contribution in [0.15, 0.2) is 0 Å². The zero-order valence-corrected chi connectivity index (χ0v) is 12.9. The first kappa shape index (κ1) is 16.0. The Hall–Kier alpha value is -0.0900. The molecule has 0 aromatic heterocycles. The Morgan fingerprint density at radius 3 is 2.61 bits per heavy atom. The zero-order chi connectivity index (χ0) is 13.6. The van der Waals surface area contributed by atoms with Crippen molar-refractivity contribution < 1.29 is 8.42 Å². The van der Waals surface area contributed by atoms with Crippen LogP contribution in [-0.4, -0.2) is 33.0 Å². The molecule has 1 aliphatic rings. The molecule has 0 heterocycles. The van der Waals surface area contributed by atoms with Crippen molar-refractivity contribution in [1.82, 2.24) is 5.32 Å². The Kier molecular flexibility index (Phi) is 6.64. The van der Waals surface area contributed by atoms with Gasteiger partial charge in [0.15, 0.2) is 0 Å². The van der Waals surface area contributed by atoms with E-state index >= 15 is 0 Å². The van der Waals surface area contributed by atoms with E-state index in [4.69, 9.17) is 0 Å². The standard InChI is InChI=1S/C14H29NO2S/c1-4-15-14(9-6-10-18(3,16)17)13-8-5-7-12(2)11-13/h12-15H,4-11H2,1-3H3. The van der Waals surface area contributed by atoms with Gasteiger partial charge in [-0.3, -0.25) is 0 Å². The first-order chi connectivity index (χ1) is 8.42. The first-order valence-electron chi connectivity index (χ1n) is 7.33. The highest BCUT2D eigenvalue weighted by Gasteiger charge is 2.25. The van der Waals surface area contributed by atoms with Gasteiger partial charge in [-0.25, -0.2) is 8.42 Å². The molecule has 0 saturated heterocycles. The van der Waals surface area contributed by atoms with E-state index in [1.54, 1.807) is 0 Å². The van der Waals surface area contributed by atoms with E-state index in [0.29, 0.717) is 11.8 Å². The maximum absolute atomic E-state index is 11.2. The van der Waals surface area contributed by atoms with Crippen molar-refractivity contribution in [1.29, 1.82) is 0 Å². The van der Waals surface area contributed by atoms with Crippen LogP contribution < -0.4 is 5.32 Å². The number of sulfone groups is 1. The minimum atomic E-state index is -2.80. The predicted molar refractivity (Wildman–Crippen MR) is 77.5 cm³/mol. The third-order valence-corrected chi connectivity index (χ3v) is 5.07. The summed E-state index contributed by atoms with van der Waals surface area (Å²) in [5, 5.41) is 3.56. The van der Waals surface area contributed by atoms with Gasteiger partial charge in [0, 0.05) is 18.1 Å². The lowest BCUT2D eigenvalue weighted by molar-refractivity contribution is 0.216. The normalized spacial score (nSPS) is 27.1. The number of rotatable bonds is 7. The van der Waals surface area contributed by atoms with Gasteiger partial charge in [-0.2, -0.15) is 0 Å². The van der Waals surface area contributed by atoms with Crippen molar-refractivity contribution in [2.24, 2.45) is 11.8 Å². The zero-order valence-electron chi connectivity index (χ0n) is 12.1. The third-order valence-electron chi connectivity index (χ3n) is 4.04. The van der Waals surface area contributed by atoms with Crippen molar-refractivity contribution in [2.75, 3.05) is 18.6 Å². The van der Waals surface area contributed by atoms with E-state index in [-0.39, 0.29) is 0 Å². The van der Waals surface area contributed by atoms with E-state index in [1.807, 2.05) is 0 Å². The van der Waals surface area contributed by atoms with Crippen LogP contribution in [0, 0.1) is 11.8 Å². The van der Waals surface area contributed by atoms with Crippen LogP contribution in [0.3, 0.4) is 0 Å². The Labute approximate surface area is 113 Å². The van der Waals surface area contributed by atoms with Crippen molar-refractivity contribution in [2.45, 2.75) is 58.4 Å². The average molecular weight is 275 g/mol. The summed E-state index contributed by atoms with van der Waals surface area (Å²) in [5.74, 6) is 1.91. The summed E-state index contributed by atoms with van der Waals surface area (Å²) in [6.07, 6.45) is 8.42. The monoisotopic (exact) mass is 275 g/mol. The van der Waals surface area contributed by atoms with Crippen LogP contribution >= 0.6 is 0 Å². The lowest BCUT2D eigenvalue weighted by atomic mass is 9.77. The summed E-state index contributed by atoms with van der Waals surface area (Å²) in [4.78, 5) is 0. The van der Waals surface area contributed by atoms with Gasteiger partial charge in [0.05, 0.1) is 0 Å². The molecule has 0 amide bonds. The molecule has 3 nitrogen and oxygen atoms in total. The molecule has 3 atom stereocenters. The molecule has 1 aliphatic carbocycles. The van der Waals surface area contributed by atoms with Gasteiger partial charge < -0.3 is 5.32 Å². The number of hydrogen-bond donors (Lipinski definition) is 1. The molecule has 0 aliphatic heterocycles. The van der Waals surface area contributed by atoms with Gasteiger partial charge in [-0.15, -0.1) is 0 Å². The number of hydrogen-bond acceptors (Lipinski definition) is 3. The lowest BCUT2D eigenvalue weighted by Crippen LogP contribution is -2.38. The maximum atomic E-state index is 11.2. The van der Waals surface area contributed by atoms with Gasteiger partial charge in [0.2, 0.25) is 0 Å². The molecule has 1 saturated carbocycles. The van der Waals surface area contributed by atoms with E-state index in [9.17, 15) is 8.42 Å². The number of nitrogens with one attached hydrogen (secondary N) is 1. The fourth-order valence-corrected chi connectivity index (χ4v) is 3.87. The minimum absolute atomic E-state index is 0.331. The second-order valence-corrected chi connectivity index (χ2v) is 8.23. The van der Waals surface area contributed by atoms with Gasteiger partial charge in [-0.1, -0.05) is 26.7 Å². The minimum Gasteiger partial charge on any atom is -0.314 e. The Balaban J connectivity index is 2.43. The summed E-state index contributed by atoms with van der Waals surface area (Å²) >= 11 is 0. The highest BCUT2D eigenvalue weighted by Crippen LogP contribution is 2.32. The smallest absolute Gasteiger partial charge is 0.147 e. The largest absolute Gasteiger partial charge is 0.314 e. The molecule has 0 radical (unpaired) electrons. The molecular formula is C14H29NO2S. The molecule has 1 rings (SSSR count). The van der Waals surface area contributed by atoms with E-state index in [0.717, 1.165) is 31.2 Å². The van der Waals surface area contributed by atoms with E-state index in [2.05, 4.69) is 19.2 Å². The van der Waals surface area contributed by atoms with Gasteiger partial charge >= 0.3 is 0 Å². The van der Waals surface area contributed by atoms with Gasteiger partial charge in [0.1, 0.15) is 9.84 Å². The van der Waals surface area contributed by atoms with Crippen LogP contribution in [0.2, 0.25) is 0 Å². The fraction of sp³-hybridized carbons (Fsp3) is 1.00. The summed E-state index contributed by atoms with van der Waals surface area (Å²) in [7, 11) is -2.80.